The highest BCUT2D eigenvalue weighted by atomic mass is 17.2. The predicted octanol–water partition coefficient (Wildman–Crippen LogP) is 3.56. The Kier molecular flexibility index (Phi) is 5.92. The maximum Gasteiger partial charge on any atom is 0.320 e. The molecule has 0 radical (unpaired) electrons. The number of carbonyl (C=O) groups excluding carboxylic acids is 2. The van der Waals surface area contributed by atoms with E-state index < -0.39 is 28.7 Å². The summed E-state index contributed by atoms with van der Waals surface area (Å²) >= 11 is 0. The van der Waals surface area contributed by atoms with E-state index in [9.17, 15) is 14.7 Å². The van der Waals surface area contributed by atoms with Crippen LogP contribution in [0, 0.1) is 5.41 Å². The van der Waals surface area contributed by atoms with Crippen molar-refractivity contribution < 1.29 is 29.2 Å². The summed E-state index contributed by atoms with van der Waals surface area (Å²) in [6.07, 6.45) is -0.0552. The molecule has 0 aromatic heterocycles. The zero-order valence-corrected chi connectivity index (χ0v) is 19.4. The van der Waals surface area contributed by atoms with Crippen molar-refractivity contribution in [3.63, 3.8) is 0 Å². The number of hydrogen-bond acceptors (Lipinski definition) is 6. The van der Waals surface area contributed by atoms with Crippen molar-refractivity contribution in [2.24, 2.45) is 5.41 Å². The monoisotopic (exact) mass is 473 g/mol. The Morgan fingerprint density at radius 1 is 0.914 bits per heavy atom. The van der Waals surface area contributed by atoms with E-state index >= 15 is 0 Å². The van der Waals surface area contributed by atoms with Gasteiger partial charge in [0.1, 0.15) is 0 Å². The third-order valence-electron chi connectivity index (χ3n) is 6.90. The number of amides is 1. The topological polar surface area (TPSA) is 85.3 Å². The molecule has 35 heavy (non-hydrogen) atoms. The van der Waals surface area contributed by atoms with Crippen molar-refractivity contribution in [2.45, 2.75) is 31.3 Å². The summed E-state index contributed by atoms with van der Waals surface area (Å²) in [6.45, 7) is 1.90. The lowest BCUT2D eigenvalue weighted by Gasteiger charge is -2.48. The van der Waals surface area contributed by atoms with E-state index in [1.807, 2.05) is 91.0 Å². The summed E-state index contributed by atoms with van der Waals surface area (Å²) in [5, 5.41) is 11.7. The second kappa shape index (κ2) is 8.92. The van der Waals surface area contributed by atoms with Crippen LogP contribution in [0.15, 0.2) is 91.0 Å². The molecule has 2 atom stereocenters. The normalized spacial score (nSPS) is 25.2. The van der Waals surface area contributed by atoms with Crippen LogP contribution in [0.3, 0.4) is 0 Å². The lowest BCUT2D eigenvalue weighted by atomic mass is 9.67. The summed E-state index contributed by atoms with van der Waals surface area (Å²) in [5.74, 6) is -3.96. The number of benzene rings is 3. The molecule has 3 aromatic rings. The summed E-state index contributed by atoms with van der Waals surface area (Å²) in [5.41, 5.74) is -0.666. The number of aliphatic hydroxyl groups is 1. The van der Waals surface area contributed by atoms with Gasteiger partial charge >= 0.3 is 5.97 Å². The minimum absolute atomic E-state index is 0.0552. The van der Waals surface area contributed by atoms with E-state index in [4.69, 9.17) is 14.5 Å². The van der Waals surface area contributed by atoms with Gasteiger partial charge in [-0.1, -0.05) is 91.0 Å². The molecule has 0 bridgehead atoms. The quantitative estimate of drug-likeness (QED) is 0.435. The van der Waals surface area contributed by atoms with Crippen LogP contribution < -0.4 is 0 Å². The van der Waals surface area contributed by atoms with Crippen LogP contribution >= 0.6 is 0 Å². The Bertz CT molecular complexity index is 1160. The number of carbonyl (C=O) groups is 2. The molecule has 0 spiro atoms. The first-order chi connectivity index (χ1) is 17.0. The third-order valence-corrected chi connectivity index (χ3v) is 6.90. The van der Waals surface area contributed by atoms with Gasteiger partial charge in [-0.25, -0.2) is 4.89 Å². The molecule has 3 aromatic carbocycles. The van der Waals surface area contributed by atoms with Crippen LogP contribution in [-0.4, -0.2) is 40.8 Å². The van der Waals surface area contributed by atoms with E-state index in [-0.39, 0.29) is 26.1 Å². The summed E-state index contributed by atoms with van der Waals surface area (Å²) < 4.78 is 5.45. The molecule has 5 rings (SSSR count). The summed E-state index contributed by atoms with van der Waals surface area (Å²) in [7, 11) is 0. The molecular weight excluding hydrogens is 446 g/mol. The largest absolute Gasteiger partial charge is 0.465 e. The Balaban J connectivity index is 1.64. The lowest BCUT2D eigenvalue weighted by Crippen LogP contribution is -2.64. The molecule has 2 aliphatic rings. The summed E-state index contributed by atoms with van der Waals surface area (Å²) in [4.78, 5) is 40.2. The molecule has 7 heteroatoms. The highest BCUT2D eigenvalue weighted by molar-refractivity contribution is 5.96. The van der Waals surface area contributed by atoms with Gasteiger partial charge in [-0.2, -0.15) is 4.89 Å². The van der Waals surface area contributed by atoms with Crippen LogP contribution in [0.5, 0.6) is 0 Å². The van der Waals surface area contributed by atoms with Crippen molar-refractivity contribution in [1.82, 2.24) is 4.90 Å². The zero-order valence-electron chi connectivity index (χ0n) is 19.4. The average molecular weight is 474 g/mol. The number of rotatable bonds is 6. The van der Waals surface area contributed by atoms with E-state index in [1.165, 1.54) is 4.90 Å². The number of nitrogens with zero attached hydrogens (tertiary/aromatic N) is 1. The SMILES string of the molecule is CCOC(=O)C12CN(Cc3ccccc3)C(=O)C1(O)OOC(c1ccccc1)(c1ccccc1)C2. The molecule has 2 aliphatic heterocycles. The number of esters is 1. The minimum atomic E-state index is -2.53. The first-order valence-corrected chi connectivity index (χ1v) is 11.7. The molecule has 2 fully saturated rings. The van der Waals surface area contributed by atoms with Gasteiger partial charge in [0.2, 0.25) is 0 Å². The number of ether oxygens (including phenoxy) is 1. The van der Waals surface area contributed by atoms with Crippen molar-refractivity contribution >= 4 is 11.9 Å². The van der Waals surface area contributed by atoms with Gasteiger partial charge in [0.25, 0.3) is 11.7 Å². The molecular formula is C28H27NO6. The molecule has 7 nitrogen and oxygen atoms in total. The fourth-order valence-corrected chi connectivity index (χ4v) is 5.16. The van der Waals surface area contributed by atoms with Gasteiger partial charge in [0, 0.05) is 19.5 Å². The van der Waals surface area contributed by atoms with Crippen molar-refractivity contribution in [3.8, 4) is 0 Å². The van der Waals surface area contributed by atoms with E-state index in [0.29, 0.717) is 0 Å². The van der Waals surface area contributed by atoms with Gasteiger partial charge < -0.3 is 14.7 Å². The minimum Gasteiger partial charge on any atom is -0.465 e. The second-order valence-electron chi connectivity index (χ2n) is 9.00. The number of hydrogen-bond donors (Lipinski definition) is 1. The van der Waals surface area contributed by atoms with Gasteiger partial charge in [-0.3, -0.25) is 9.59 Å². The Morgan fingerprint density at radius 3 is 2.00 bits per heavy atom. The molecule has 1 N–H and O–H groups in total. The molecule has 180 valence electrons. The number of likely N-dealkylation sites (tertiary alicyclic amines) is 1. The molecule has 2 heterocycles. The molecule has 0 aliphatic carbocycles. The van der Waals surface area contributed by atoms with E-state index in [2.05, 4.69) is 0 Å². The molecule has 0 saturated carbocycles. The first-order valence-electron chi connectivity index (χ1n) is 11.7. The van der Waals surface area contributed by atoms with Gasteiger partial charge in [0.05, 0.1) is 6.61 Å². The molecule has 1 amide bonds. The maximum atomic E-state index is 13.6. The highest BCUT2D eigenvalue weighted by Crippen LogP contribution is 2.57. The Labute approximate surface area is 203 Å². The predicted molar refractivity (Wildman–Crippen MR) is 126 cm³/mol. The number of fused-ring (bicyclic) bond motifs is 1. The average Bonchev–Trinajstić information content (AvgIpc) is 3.12. The van der Waals surface area contributed by atoms with Crippen molar-refractivity contribution in [3.05, 3.63) is 108 Å². The second-order valence-corrected chi connectivity index (χ2v) is 9.00. The standard InChI is InChI=1S/C28H27NO6/c1-2-33-25(31)26-19-27(22-14-8-4-9-15-22,23-16-10-5-11-17-23)34-35-28(26,32)24(30)29(20-26)18-21-12-6-3-7-13-21/h3-17,32H,2,18-20H2,1H3. The van der Waals surface area contributed by atoms with E-state index in [0.717, 1.165) is 16.7 Å². The van der Waals surface area contributed by atoms with Crippen LogP contribution in [0.4, 0.5) is 0 Å². The highest BCUT2D eigenvalue weighted by Gasteiger charge is 2.75. The van der Waals surface area contributed by atoms with Crippen LogP contribution in [0.25, 0.3) is 0 Å². The van der Waals surface area contributed by atoms with E-state index in [1.54, 1.807) is 6.92 Å². The van der Waals surface area contributed by atoms with Crippen molar-refractivity contribution in [1.29, 1.82) is 0 Å². The Hall–Kier alpha value is -3.52. The van der Waals surface area contributed by atoms with Crippen LogP contribution in [0.2, 0.25) is 0 Å². The molecule has 2 saturated heterocycles. The maximum absolute atomic E-state index is 13.6. The van der Waals surface area contributed by atoms with Gasteiger partial charge in [-0.15, -0.1) is 0 Å². The first kappa shape index (κ1) is 23.2. The fourth-order valence-electron chi connectivity index (χ4n) is 5.16. The zero-order chi connectivity index (χ0) is 24.5. The smallest absolute Gasteiger partial charge is 0.320 e. The van der Waals surface area contributed by atoms with Crippen LogP contribution in [-0.2, 0) is 36.2 Å². The van der Waals surface area contributed by atoms with Gasteiger partial charge in [-0.05, 0) is 23.6 Å². The lowest BCUT2D eigenvalue weighted by molar-refractivity contribution is -0.488. The fraction of sp³-hybridized carbons (Fsp3) is 0.286. The third kappa shape index (κ3) is 3.63. The van der Waals surface area contributed by atoms with Crippen molar-refractivity contribution in [2.75, 3.05) is 13.2 Å². The summed E-state index contributed by atoms with van der Waals surface area (Å²) in [6, 6.07) is 28.1. The Morgan fingerprint density at radius 2 is 1.46 bits per heavy atom. The van der Waals surface area contributed by atoms with Gasteiger partial charge in [0.15, 0.2) is 11.0 Å². The molecule has 2 unspecified atom stereocenters. The van der Waals surface area contributed by atoms with Crippen LogP contribution in [0.1, 0.15) is 30.0 Å².